The van der Waals surface area contributed by atoms with Gasteiger partial charge in [0.15, 0.2) is 46.4 Å². The van der Waals surface area contributed by atoms with Gasteiger partial charge in [-0.15, -0.1) is 0 Å². The van der Waals surface area contributed by atoms with E-state index in [-0.39, 0.29) is 56.5 Å². The quantitative estimate of drug-likeness (QED) is 0.0926. The normalized spacial score (nSPS) is 12.0. The molecule has 1 unspecified atom stereocenters. The molecule has 4 aromatic carbocycles. The molecule has 9 nitrogen and oxygen atoms in total. The lowest BCUT2D eigenvalue weighted by molar-refractivity contribution is -0.137. The minimum Gasteiger partial charge on any atom is -0.505 e. The Kier molecular flexibility index (Phi) is 9.37. The zero-order valence-corrected chi connectivity index (χ0v) is 27.9. The third-order valence-corrected chi connectivity index (χ3v) is 9.05. The molecule has 2 N–H and O–H groups in total. The lowest BCUT2D eigenvalue weighted by Gasteiger charge is -2.16. The number of fused-ring (bicyclic) bond motifs is 2. The number of halogens is 6. The number of aromatic nitrogens is 2. The Labute approximate surface area is 295 Å². The average Bonchev–Trinajstić information content (AvgIpc) is 3.56. The molecule has 0 aliphatic carbocycles. The number of phenolic OH excluding ortho intramolecular Hbond substituents is 1. The maximum absolute atomic E-state index is 16.4. The molecule has 0 fully saturated rings. The Morgan fingerprint density at radius 1 is 0.698 bits per heavy atom. The molecule has 2 heterocycles. The first-order valence-electron chi connectivity index (χ1n) is 15.8. The van der Waals surface area contributed by atoms with Crippen LogP contribution >= 0.6 is 0 Å². The topological polar surface area (TPSA) is 128 Å². The smallest absolute Gasteiger partial charge is 0.318 e. The highest BCUT2D eigenvalue weighted by atomic mass is 19.2. The van der Waals surface area contributed by atoms with Crippen LogP contribution in [0.25, 0.3) is 21.8 Å². The second-order valence-electron chi connectivity index (χ2n) is 12.1. The van der Waals surface area contributed by atoms with Crippen molar-refractivity contribution in [1.82, 2.24) is 9.13 Å². The summed E-state index contributed by atoms with van der Waals surface area (Å²) in [5.74, 6) is -15.0. The van der Waals surface area contributed by atoms with Crippen molar-refractivity contribution in [2.24, 2.45) is 0 Å². The van der Waals surface area contributed by atoms with Crippen LogP contribution in [0.1, 0.15) is 62.5 Å². The largest absolute Gasteiger partial charge is 0.505 e. The highest BCUT2D eigenvalue weighted by Gasteiger charge is 2.34. The number of carboxylic acids is 1. The molecule has 272 valence electrons. The summed E-state index contributed by atoms with van der Waals surface area (Å²) in [4.78, 5) is 52.8. The van der Waals surface area contributed by atoms with Crippen molar-refractivity contribution in [3.63, 3.8) is 0 Å². The van der Waals surface area contributed by atoms with Crippen molar-refractivity contribution < 1.29 is 60.5 Å². The van der Waals surface area contributed by atoms with E-state index in [1.165, 1.54) is 26.8 Å². The van der Waals surface area contributed by atoms with Crippen molar-refractivity contribution in [2.45, 2.75) is 39.5 Å². The number of rotatable bonds is 8. The molecule has 0 aliphatic rings. The van der Waals surface area contributed by atoms with Gasteiger partial charge in [-0.25, -0.2) is 26.3 Å². The fourth-order valence-corrected chi connectivity index (χ4v) is 6.58. The Balaban J connectivity index is 1.46. The number of carbonyl (C=O) groups excluding carboxylic acids is 3. The van der Waals surface area contributed by atoms with E-state index < -0.39 is 87.9 Å². The lowest BCUT2D eigenvalue weighted by atomic mass is 9.93. The van der Waals surface area contributed by atoms with Crippen LogP contribution in [0.2, 0.25) is 0 Å². The minimum absolute atomic E-state index is 0.0360. The Hall–Kier alpha value is -6.38. The van der Waals surface area contributed by atoms with Gasteiger partial charge in [-0.1, -0.05) is 6.92 Å². The predicted molar refractivity (Wildman–Crippen MR) is 177 cm³/mol. The standard InChI is InChI=1S/C38H26F6N2O7/c1-4-20(31-17(3)46(27-9-11-28(47)34(43)33(27)31)37(51)19-6-8-23(40)25(42)14-19)38(52)53-29-12-10-26-32(35(29)44)21(15-30(48)49)16(2)45(26)36(50)18-5-7-22(39)24(41)13-18/h5-14,20,47H,4,15H2,1-3H3,(H,48,49). The number of carbonyl (C=O) groups is 4. The Morgan fingerprint density at radius 3 is 1.75 bits per heavy atom. The van der Waals surface area contributed by atoms with Gasteiger partial charge in [-0.05, 0) is 92.1 Å². The van der Waals surface area contributed by atoms with Gasteiger partial charge in [0.05, 0.1) is 23.4 Å². The molecule has 6 aromatic rings. The van der Waals surface area contributed by atoms with Gasteiger partial charge in [-0.2, -0.15) is 0 Å². The molecule has 0 radical (unpaired) electrons. The van der Waals surface area contributed by atoms with Gasteiger partial charge in [0.1, 0.15) is 0 Å². The summed E-state index contributed by atoms with van der Waals surface area (Å²) < 4.78 is 94.7. The van der Waals surface area contributed by atoms with Crippen LogP contribution in [-0.2, 0) is 16.0 Å². The van der Waals surface area contributed by atoms with Crippen LogP contribution in [0.3, 0.4) is 0 Å². The number of benzene rings is 4. The molecule has 0 amide bonds. The molecule has 0 saturated carbocycles. The molecular formula is C38H26F6N2O7. The van der Waals surface area contributed by atoms with Crippen molar-refractivity contribution >= 4 is 45.6 Å². The lowest BCUT2D eigenvalue weighted by Crippen LogP contribution is -2.21. The van der Waals surface area contributed by atoms with E-state index in [1.807, 2.05) is 0 Å². The van der Waals surface area contributed by atoms with E-state index in [0.29, 0.717) is 12.1 Å². The maximum Gasteiger partial charge on any atom is 0.318 e. The van der Waals surface area contributed by atoms with E-state index in [2.05, 4.69) is 0 Å². The monoisotopic (exact) mass is 736 g/mol. The van der Waals surface area contributed by atoms with E-state index in [1.54, 1.807) is 0 Å². The number of nitrogens with zero attached hydrogens (tertiary/aromatic N) is 2. The Bertz CT molecular complexity index is 2560. The van der Waals surface area contributed by atoms with Crippen LogP contribution < -0.4 is 4.74 Å². The fourth-order valence-electron chi connectivity index (χ4n) is 6.58. The molecule has 0 bridgehead atoms. The number of carboxylic acid groups (broad SMARTS) is 1. The predicted octanol–water partition coefficient (Wildman–Crippen LogP) is 7.86. The molecule has 2 aromatic heterocycles. The summed E-state index contributed by atoms with van der Waals surface area (Å²) in [7, 11) is 0. The fraction of sp³-hybridized carbons (Fsp3) is 0.158. The van der Waals surface area contributed by atoms with Crippen LogP contribution in [0.5, 0.6) is 11.5 Å². The van der Waals surface area contributed by atoms with Gasteiger partial charge >= 0.3 is 11.9 Å². The van der Waals surface area contributed by atoms with Gasteiger partial charge in [0.2, 0.25) is 0 Å². The first-order valence-corrected chi connectivity index (χ1v) is 15.8. The van der Waals surface area contributed by atoms with Crippen LogP contribution in [-0.4, -0.2) is 43.1 Å². The van der Waals surface area contributed by atoms with E-state index >= 15 is 8.78 Å². The number of ether oxygens (including phenoxy) is 1. The molecular weight excluding hydrogens is 710 g/mol. The highest BCUT2D eigenvalue weighted by molar-refractivity contribution is 6.07. The van der Waals surface area contributed by atoms with Crippen LogP contribution in [0, 0.1) is 48.8 Å². The second-order valence-corrected chi connectivity index (χ2v) is 12.1. The first kappa shape index (κ1) is 36.4. The zero-order chi connectivity index (χ0) is 38.6. The number of phenols is 1. The van der Waals surface area contributed by atoms with Gasteiger partial charge in [0, 0.05) is 33.3 Å². The van der Waals surface area contributed by atoms with E-state index in [4.69, 9.17) is 4.74 Å². The van der Waals surface area contributed by atoms with Gasteiger partial charge in [-0.3, -0.25) is 28.3 Å². The second kappa shape index (κ2) is 13.6. The van der Waals surface area contributed by atoms with Gasteiger partial charge in [0.25, 0.3) is 11.8 Å². The third kappa shape index (κ3) is 6.07. The highest BCUT2D eigenvalue weighted by Crippen LogP contribution is 2.40. The maximum atomic E-state index is 16.4. The summed E-state index contributed by atoms with van der Waals surface area (Å²) in [5.41, 5.74) is -1.36. The average molecular weight is 737 g/mol. The van der Waals surface area contributed by atoms with Crippen molar-refractivity contribution in [2.75, 3.05) is 0 Å². The molecule has 15 heteroatoms. The summed E-state index contributed by atoms with van der Waals surface area (Å²) >= 11 is 0. The minimum atomic E-state index is -1.43. The van der Waals surface area contributed by atoms with Crippen LogP contribution in [0.4, 0.5) is 26.3 Å². The number of hydrogen-bond donors (Lipinski definition) is 2. The first-order chi connectivity index (χ1) is 25.1. The van der Waals surface area contributed by atoms with E-state index in [9.17, 15) is 47.0 Å². The summed E-state index contributed by atoms with van der Waals surface area (Å²) in [5, 5.41) is 19.1. The molecule has 6 rings (SSSR count). The number of aromatic hydroxyl groups is 1. The third-order valence-electron chi connectivity index (χ3n) is 9.05. The van der Waals surface area contributed by atoms with Crippen LogP contribution in [0.15, 0.2) is 60.7 Å². The van der Waals surface area contributed by atoms with Crippen molar-refractivity contribution in [3.05, 3.63) is 129 Å². The summed E-state index contributed by atoms with van der Waals surface area (Å²) in [6, 6.07) is 9.00. The molecule has 0 aliphatic heterocycles. The number of aliphatic carboxylic acids is 1. The molecule has 0 saturated heterocycles. The van der Waals surface area contributed by atoms with Gasteiger partial charge < -0.3 is 14.9 Å². The molecule has 1 atom stereocenters. The Morgan fingerprint density at radius 2 is 1.23 bits per heavy atom. The zero-order valence-electron chi connectivity index (χ0n) is 27.9. The summed E-state index contributed by atoms with van der Waals surface area (Å²) in [6.07, 6.45) is -0.917. The molecule has 0 spiro atoms. The van der Waals surface area contributed by atoms with Crippen molar-refractivity contribution in [1.29, 1.82) is 0 Å². The summed E-state index contributed by atoms with van der Waals surface area (Å²) in [6.45, 7) is 4.17. The SMILES string of the molecule is CCC(C(=O)Oc1ccc2c(c1F)c(CC(=O)O)c(C)n2C(=O)c1ccc(F)c(F)c1)c1c(C)n(C(=O)c2ccc(F)c(F)c2)c2ccc(O)c(F)c12. The molecule has 53 heavy (non-hydrogen) atoms. The van der Waals surface area contributed by atoms with Crippen molar-refractivity contribution in [3.8, 4) is 11.5 Å². The van der Waals surface area contributed by atoms with E-state index in [0.717, 1.165) is 51.6 Å². The number of esters is 1. The number of hydrogen-bond acceptors (Lipinski definition) is 6.